The maximum Gasteiger partial charge on any atom is 0.410 e. The number of H-pyrrole nitrogens is 1. The average Bonchev–Trinajstić information content (AvgIpc) is 4.31. The molecule has 78 heavy (non-hydrogen) atoms. The molecule has 0 radical (unpaired) electrons. The third-order valence-corrected chi connectivity index (χ3v) is 13.5. The first-order chi connectivity index (χ1) is 37.2. The summed E-state index contributed by atoms with van der Waals surface area (Å²) in [5, 5.41) is 16.2. The number of aromatic amines is 1. The largest absolute Gasteiger partial charge is 0.458 e. The Bertz CT molecular complexity index is 3500. The number of aromatic nitrogens is 10. The Morgan fingerprint density at radius 2 is 1.10 bits per heavy atom. The van der Waals surface area contributed by atoms with E-state index < -0.39 is 47.4 Å². The van der Waals surface area contributed by atoms with Crippen LogP contribution in [0.1, 0.15) is 102 Å². The van der Waals surface area contributed by atoms with Crippen molar-refractivity contribution in [2.75, 3.05) is 13.1 Å². The summed E-state index contributed by atoms with van der Waals surface area (Å²) in [5.74, 6) is -1.38. The van der Waals surface area contributed by atoms with E-state index in [0.717, 1.165) is 33.4 Å². The number of nitrogens with one attached hydrogen (secondary N) is 1. The predicted octanol–water partition coefficient (Wildman–Crippen LogP) is 8.66. The molecule has 22 heteroatoms. The van der Waals surface area contributed by atoms with E-state index in [0.29, 0.717) is 53.5 Å². The van der Waals surface area contributed by atoms with Crippen LogP contribution in [0.4, 0.5) is 9.59 Å². The minimum atomic E-state index is -0.799. The number of benzene rings is 2. The minimum absolute atomic E-state index is 0.0747. The third-order valence-electron chi connectivity index (χ3n) is 13.2. The lowest BCUT2D eigenvalue weighted by molar-refractivity contribution is -0.163. The molecule has 2 aliphatic heterocycles. The van der Waals surface area contributed by atoms with Crippen molar-refractivity contribution in [2.24, 2.45) is 14.1 Å². The Morgan fingerprint density at radius 1 is 0.628 bits per heavy atom. The molecule has 408 valence electrons. The van der Waals surface area contributed by atoms with Crippen LogP contribution in [0.15, 0.2) is 115 Å². The number of hydrogen-bond acceptors (Lipinski definition) is 14. The maximum atomic E-state index is 13.3. The fraction of sp³-hybridized carbons (Fsp3) is 0.393. The SMILES string of the molecule is Cn1cc(-c2c[nH]n3c(=O)cc([C@H]4CC[C@@H](C(=O)OC(C)(C)C)N(C(=O)OCc5ccccc5)C4)nc23)cn1.Cn1cc(-c2cnn3c(Cl)cc([C@H]4CC[C@@H](C(=O)OC(C)(C)C)N(C(=O)OCc5ccccc5)C4)nc23)cn1. The second-order valence-corrected chi connectivity index (χ2v) is 21.9. The van der Waals surface area contributed by atoms with Crippen molar-refractivity contribution in [1.29, 1.82) is 0 Å². The summed E-state index contributed by atoms with van der Waals surface area (Å²) in [4.78, 5) is 78.4. The van der Waals surface area contributed by atoms with Gasteiger partial charge in [-0.15, -0.1) is 0 Å². The van der Waals surface area contributed by atoms with Crippen LogP contribution in [-0.2, 0) is 55.8 Å². The molecule has 2 amide bonds. The number of halogens is 1. The van der Waals surface area contributed by atoms with Gasteiger partial charge in [0.05, 0.1) is 30.0 Å². The van der Waals surface area contributed by atoms with Gasteiger partial charge in [-0.05, 0) is 84.4 Å². The Kier molecular flexibility index (Phi) is 15.9. The van der Waals surface area contributed by atoms with Gasteiger partial charge < -0.3 is 18.9 Å². The number of hydrogen-bond donors (Lipinski definition) is 1. The number of ether oxygens (including phenoxy) is 4. The van der Waals surface area contributed by atoms with Gasteiger partial charge in [0.15, 0.2) is 11.3 Å². The molecule has 0 spiro atoms. The van der Waals surface area contributed by atoms with Gasteiger partial charge in [-0.2, -0.15) is 15.3 Å². The van der Waals surface area contributed by atoms with E-state index in [4.69, 9.17) is 40.5 Å². The lowest BCUT2D eigenvalue weighted by atomic mass is 9.90. The normalized spacial score (nSPS) is 17.8. The number of carbonyl (C=O) groups is 4. The number of likely N-dealkylation sites (tertiary alicyclic amines) is 2. The molecule has 8 aromatic rings. The first kappa shape index (κ1) is 54.5. The van der Waals surface area contributed by atoms with E-state index in [9.17, 15) is 24.0 Å². The van der Waals surface area contributed by atoms with E-state index >= 15 is 0 Å². The van der Waals surface area contributed by atoms with Gasteiger partial charge in [-0.25, -0.2) is 38.2 Å². The number of carbonyl (C=O) groups excluding carboxylic acids is 4. The highest BCUT2D eigenvalue weighted by Gasteiger charge is 2.42. The second kappa shape index (κ2) is 22.7. The summed E-state index contributed by atoms with van der Waals surface area (Å²) in [6.45, 7) is 11.4. The van der Waals surface area contributed by atoms with E-state index in [2.05, 4.69) is 20.4 Å². The number of fused-ring (bicyclic) bond motifs is 2. The van der Waals surface area contributed by atoms with Crippen LogP contribution >= 0.6 is 11.6 Å². The molecule has 0 saturated carbocycles. The smallest absolute Gasteiger partial charge is 0.410 e. The van der Waals surface area contributed by atoms with E-state index in [1.807, 2.05) is 87.2 Å². The van der Waals surface area contributed by atoms with Gasteiger partial charge in [-0.1, -0.05) is 72.3 Å². The third kappa shape index (κ3) is 12.7. The number of esters is 2. The van der Waals surface area contributed by atoms with E-state index in [-0.39, 0.29) is 43.7 Å². The molecule has 2 aromatic carbocycles. The zero-order chi connectivity index (χ0) is 55.5. The highest BCUT2D eigenvalue weighted by atomic mass is 35.5. The molecule has 6 aromatic heterocycles. The molecule has 2 saturated heterocycles. The summed E-state index contributed by atoms with van der Waals surface area (Å²) in [5.41, 5.74) is 5.59. The molecule has 2 fully saturated rings. The zero-order valence-electron chi connectivity index (χ0n) is 44.8. The molecular formula is C56H63ClN12O9. The van der Waals surface area contributed by atoms with E-state index in [1.165, 1.54) is 20.4 Å². The van der Waals surface area contributed by atoms with Crippen molar-refractivity contribution in [3.63, 3.8) is 0 Å². The van der Waals surface area contributed by atoms with Gasteiger partial charge >= 0.3 is 24.1 Å². The number of nitrogens with zero attached hydrogens (tertiary/aromatic N) is 11. The molecule has 21 nitrogen and oxygen atoms in total. The Labute approximate surface area is 455 Å². The van der Waals surface area contributed by atoms with Crippen molar-refractivity contribution in [1.82, 2.24) is 58.6 Å². The number of aryl methyl sites for hydroxylation is 2. The standard InChI is InChI=1S/C28H31ClN6O4.C28H32N6O5/c1-28(2,3)39-26(36)23-11-10-19(16-34(23)27(37)38-17-18-8-6-5-7-9-18)22-12-24(29)35-25(32-22)21(14-31-35)20-13-30-33(4)15-20;1-28(2,3)39-26(36)23-11-10-19(16-33(23)27(37)38-17-18-8-6-5-7-9-18)22-12-24(35)34-25(31-22)21(14-30-34)20-13-29-32(4)15-20/h5-9,12-15,19,23H,10-11,16-17H2,1-4H3;5-9,12-15,19,23,30H,10-11,16-17H2,1-4H3/t2*19-,23-/m00/s1. The molecule has 1 N–H and O–H groups in total. The highest BCUT2D eigenvalue weighted by molar-refractivity contribution is 6.29. The van der Waals surface area contributed by atoms with Crippen molar-refractivity contribution in [3.05, 3.63) is 148 Å². The Balaban J connectivity index is 0.000000190. The van der Waals surface area contributed by atoms with Crippen LogP contribution in [0.5, 0.6) is 0 Å². The van der Waals surface area contributed by atoms with Crippen molar-refractivity contribution < 1.29 is 38.1 Å². The monoisotopic (exact) mass is 1080 g/mol. The summed E-state index contributed by atoms with van der Waals surface area (Å²) in [6.07, 6.45) is 11.3. The molecule has 10 rings (SSSR count). The van der Waals surface area contributed by atoms with Crippen molar-refractivity contribution in [2.45, 2.75) is 116 Å². The second-order valence-electron chi connectivity index (χ2n) is 21.5. The van der Waals surface area contributed by atoms with Crippen molar-refractivity contribution in [3.8, 4) is 22.3 Å². The number of piperidine rings is 2. The van der Waals surface area contributed by atoms with Crippen LogP contribution < -0.4 is 5.56 Å². The molecule has 4 atom stereocenters. The molecule has 2 aliphatic rings. The highest BCUT2D eigenvalue weighted by Crippen LogP contribution is 2.35. The van der Waals surface area contributed by atoms with Gasteiger partial charge in [-0.3, -0.25) is 29.1 Å². The van der Waals surface area contributed by atoms with Gasteiger partial charge in [0.25, 0.3) is 5.56 Å². The van der Waals surface area contributed by atoms with Crippen LogP contribution in [0.25, 0.3) is 33.5 Å². The lowest BCUT2D eigenvalue weighted by Gasteiger charge is -2.38. The van der Waals surface area contributed by atoms with Crippen LogP contribution in [0.2, 0.25) is 5.15 Å². The first-order valence-electron chi connectivity index (χ1n) is 25.7. The summed E-state index contributed by atoms with van der Waals surface area (Å²) >= 11 is 6.62. The summed E-state index contributed by atoms with van der Waals surface area (Å²) < 4.78 is 28.9. The van der Waals surface area contributed by atoms with Gasteiger partial charge in [0.2, 0.25) is 0 Å². The summed E-state index contributed by atoms with van der Waals surface area (Å²) in [6, 6.07) is 20.4. The maximum absolute atomic E-state index is 13.3. The van der Waals surface area contributed by atoms with Gasteiger partial charge in [0.1, 0.15) is 41.7 Å². The number of amides is 2. The predicted molar refractivity (Wildman–Crippen MR) is 288 cm³/mol. The quantitative estimate of drug-likeness (QED) is 0.0768. The molecule has 8 heterocycles. The molecule has 0 aliphatic carbocycles. The van der Waals surface area contributed by atoms with Crippen molar-refractivity contribution >= 4 is 47.0 Å². The topological polar surface area (TPSA) is 228 Å². The fourth-order valence-corrected chi connectivity index (χ4v) is 9.80. The van der Waals surface area contributed by atoms with Crippen LogP contribution in [0, 0.1) is 0 Å². The first-order valence-corrected chi connectivity index (χ1v) is 26.1. The van der Waals surface area contributed by atoms with Gasteiger partial charge in [0, 0.05) is 85.9 Å². The molecule has 0 bridgehead atoms. The fourth-order valence-electron chi connectivity index (χ4n) is 9.56. The average molecular weight is 1080 g/mol. The van der Waals surface area contributed by atoms with Crippen LogP contribution in [0.3, 0.4) is 0 Å². The molecule has 0 unspecified atom stereocenters. The lowest BCUT2D eigenvalue weighted by Crippen LogP contribution is -2.52. The minimum Gasteiger partial charge on any atom is -0.458 e. The Morgan fingerprint density at radius 3 is 1.58 bits per heavy atom. The van der Waals surface area contributed by atoms with E-state index in [1.54, 1.807) is 86.3 Å². The summed E-state index contributed by atoms with van der Waals surface area (Å²) in [7, 11) is 3.66. The molecular weight excluding hydrogens is 1020 g/mol. The number of rotatable bonds is 10. The van der Waals surface area contributed by atoms with Crippen LogP contribution in [-0.4, -0.2) is 119 Å². The zero-order valence-corrected chi connectivity index (χ0v) is 45.6. The Hall–Kier alpha value is -8.33.